The van der Waals surface area contributed by atoms with Crippen LogP contribution in [0.5, 0.6) is 5.75 Å². The summed E-state index contributed by atoms with van der Waals surface area (Å²) in [5.74, 6) is 1.11. The van der Waals surface area contributed by atoms with Gasteiger partial charge in [-0.05, 0) is 56.5 Å². The first-order valence-electron chi connectivity index (χ1n) is 13.8. The second-order valence-electron chi connectivity index (χ2n) is 11.3. The van der Waals surface area contributed by atoms with Gasteiger partial charge in [-0.2, -0.15) is 0 Å². The second-order valence-corrected chi connectivity index (χ2v) is 11.3. The highest BCUT2D eigenvalue weighted by Gasteiger charge is 2.36. The summed E-state index contributed by atoms with van der Waals surface area (Å²) in [6.07, 6.45) is 3.51. The molecule has 0 N–H and O–H groups in total. The average Bonchev–Trinajstić information content (AvgIpc) is 2.90. The van der Waals surface area contributed by atoms with Crippen molar-refractivity contribution >= 4 is 11.6 Å². The van der Waals surface area contributed by atoms with Crippen molar-refractivity contribution in [3.63, 3.8) is 0 Å². The van der Waals surface area contributed by atoms with Gasteiger partial charge >= 0.3 is 0 Å². The van der Waals surface area contributed by atoms with E-state index < -0.39 is 0 Å². The summed E-state index contributed by atoms with van der Waals surface area (Å²) in [5, 5.41) is 0. The number of ether oxygens (including phenoxy) is 2. The molecule has 0 aromatic heterocycles. The van der Waals surface area contributed by atoms with Crippen LogP contribution < -0.4 is 9.64 Å². The van der Waals surface area contributed by atoms with E-state index in [-0.39, 0.29) is 29.3 Å². The van der Waals surface area contributed by atoms with E-state index in [2.05, 4.69) is 47.9 Å². The third-order valence-electron chi connectivity index (χ3n) is 8.00. The lowest BCUT2D eigenvalue weighted by atomic mass is 9.87. The standard InChI is InChI=1S/C30H40FN3O3/c1-30(2)21-24(13-20-36-30)29(35)34-14-11-26(12-15-34)37-25-9-7-23(8-10-25)22-32-16-18-33(19-17-32)28-6-4-3-5-27(28)31/h3-10,24,26H,11-22H2,1-2H3/t24-/m1/s1. The summed E-state index contributed by atoms with van der Waals surface area (Å²) in [6, 6.07) is 15.4. The lowest BCUT2D eigenvalue weighted by molar-refractivity contribution is -0.147. The second kappa shape index (κ2) is 11.4. The van der Waals surface area contributed by atoms with E-state index in [1.165, 1.54) is 11.6 Å². The predicted octanol–water partition coefficient (Wildman–Crippen LogP) is 4.72. The molecule has 5 rings (SSSR count). The first-order chi connectivity index (χ1) is 17.9. The molecule has 2 aromatic carbocycles. The Hall–Kier alpha value is -2.64. The molecule has 1 atom stereocenters. The quantitative estimate of drug-likeness (QED) is 0.564. The van der Waals surface area contributed by atoms with Crippen molar-refractivity contribution in [2.24, 2.45) is 5.92 Å². The first kappa shape index (κ1) is 26.0. The molecule has 200 valence electrons. The Labute approximate surface area is 220 Å². The number of amides is 1. The van der Waals surface area contributed by atoms with Crippen molar-refractivity contribution in [3.05, 3.63) is 59.9 Å². The van der Waals surface area contributed by atoms with Gasteiger partial charge in [0.05, 0.1) is 11.3 Å². The largest absolute Gasteiger partial charge is 0.490 e. The molecule has 2 aromatic rings. The van der Waals surface area contributed by atoms with Crippen LogP contribution in [0, 0.1) is 11.7 Å². The molecule has 3 aliphatic rings. The zero-order chi connectivity index (χ0) is 25.8. The summed E-state index contributed by atoms with van der Waals surface area (Å²) < 4.78 is 26.1. The van der Waals surface area contributed by atoms with Gasteiger partial charge in [0.15, 0.2) is 0 Å². The summed E-state index contributed by atoms with van der Waals surface area (Å²) in [7, 11) is 0. The molecule has 0 radical (unpaired) electrons. The first-order valence-corrected chi connectivity index (χ1v) is 13.8. The fourth-order valence-corrected chi connectivity index (χ4v) is 5.87. The van der Waals surface area contributed by atoms with Crippen LogP contribution in [0.4, 0.5) is 10.1 Å². The molecule has 0 unspecified atom stereocenters. The van der Waals surface area contributed by atoms with Crippen LogP contribution in [0.3, 0.4) is 0 Å². The maximum absolute atomic E-state index is 14.1. The van der Waals surface area contributed by atoms with Crippen LogP contribution in [0.2, 0.25) is 0 Å². The van der Waals surface area contributed by atoms with Gasteiger partial charge in [0.1, 0.15) is 17.7 Å². The van der Waals surface area contributed by atoms with E-state index in [4.69, 9.17) is 9.47 Å². The number of piperidine rings is 1. The van der Waals surface area contributed by atoms with E-state index >= 15 is 0 Å². The van der Waals surface area contributed by atoms with Gasteiger partial charge in [0, 0.05) is 71.2 Å². The molecule has 3 fully saturated rings. The predicted molar refractivity (Wildman–Crippen MR) is 143 cm³/mol. The van der Waals surface area contributed by atoms with Gasteiger partial charge in [-0.15, -0.1) is 0 Å². The van der Waals surface area contributed by atoms with Crippen LogP contribution >= 0.6 is 0 Å². The molecule has 3 heterocycles. The number of piperazine rings is 1. The van der Waals surface area contributed by atoms with E-state index in [1.54, 1.807) is 6.07 Å². The number of nitrogens with zero attached hydrogens (tertiary/aromatic N) is 3. The fourth-order valence-electron chi connectivity index (χ4n) is 5.87. The van der Waals surface area contributed by atoms with E-state index in [0.29, 0.717) is 12.3 Å². The SMILES string of the molecule is CC1(C)C[C@H](C(=O)N2CCC(Oc3ccc(CN4CCN(c5ccccc5F)CC4)cc3)CC2)CCO1. The molecular weight excluding hydrogens is 469 g/mol. The van der Waals surface area contributed by atoms with E-state index in [1.807, 2.05) is 17.0 Å². The van der Waals surface area contributed by atoms with Gasteiger partial charge in [0.25, 0.3) is 0 Å². The number of carbonyl (C=O) groups excluding carboxylic acids is 1. The number of anilines is 1. The van der Waals surface area contributed by atoms with Crippen molar-refractivity contribution in [2.75, 3.05) is 50.8 Å². The smallest absolute Gasteiger partial charge is 0.225 e. The normalized spacial score (nSPS) is 23.2. The Kier molecular flexibility index (Phi) is 8.01. The molecule has 0 bridgehead atoms. The third kappa shape index (κ3) is 6.63. The van der Waals surface area contributed by atoms with Crippen LogP contribution in [-0.2, 0) is 16.1 Å². The summed E-state index contributed by atoms with van der Waals surface area (Å²) in [5.41, 5.74) is 1.75. The molecule has 0 saturated carbocycles. The molecule has 6 nitrogen and oxygen atoms in total. The molecule has 3 aliphatic heterocycles. The molecule has 0 aliphatic carbocycles. The van der Waals surface area contributed by atoms with Crippen molar-refractivity contribution in [2.45, 2.75) is 57.8 Å². The van der Waals surface area contributed by atoms with Gasteiger partial charge in [-0.1, -0.05) is 24.3 Å². The average molecular weight is 510 g/mol. The molecule has 37 heavy (non-hydrogen) atoms. The number of halogens is 1. The number of hydrogen-bond donors (Lipinski definition) is 0. The Morgan fingerprint density at radius 1 is 0.973 bits per heavy atom. The summed E-state index contributed by atoms with van der Waals surface area (Å²) in [6.45, 7) is 10.7. The van der Waals surface area contributed by atoms with Gasteiger partial charge in [-0.3, -0.25) is 9.69 Å². The van der Waals surface area contributed by atoms with Crippen molar-refractivity contribution in [3.8, 4) is 5.75 Å². The minimum absolute atomic E-state index is 0.0799. The van der Waals surface area contributed by atoms with Crippen molar-refractivity contribution in [1.82, 2.24) is 9.80 Å². The molecular formula is C30H40FN3O3. The van der Waals surface area contributed by atoms with Gasteiger partial charge in [-0.25, -0.2) is 4.39 Å². The Bertz CT molecular complexity index is 1040. The number of benzene rings is 2. The number of likely N-dealkylation sites (tertiary alicyclic amines) is 1. The topological polar surface area (TPSA) is 45.2 Å². The number of hydrogen-bond acceptors (Lipinski definition) is 5. The highest BCUT2D eigenvalue weighted by molar-refractivity contribution is 5.79. The minimum atomic E-state index is -0.206. The monoisotopic (exact) mass is 509 g/mol. The number of rotatable bonds is 6. The Morgan fingerprint density at radius 3 is 2.35 bits per heavy atom. The molecule has 3 saturated heterocycles. The van der Waals surface area contributed by atoms with E-state index in [9.17, 15) is 9.18 Å². The highest BCUT2D eigenvalue weighted by Crippen LogP contribution is 2.31. The van der Waals surface area contributed by atoms with Crippen LogP contribution in [0.15, 0.2) is 48.5 Å². The zero-order valence-electron chi connectivity index (χ0n) is 22.2. The number of carbonyl (C=O) groups is 1. The zero-order valence-corrected chi connectivity index (χ0v) is 22.2. The third-order valence-corrected chi connectivity index (χ3v) is 8.00. The van der Waals surface area contributed by atoms with Gasteiger partial charge < -0.3 is 19.3 Å². The van der Waals surface area contributed by atoms with Crippen LogP contribution in [0.25, 0.3) is 0 Å². The maximum atomic E-state index is 14.1. The Morgan fingerprint density at radius 2 is 1.68 bits per heavy atom. The Balaban J connectivity index is 1.05. The lowest BCUT2D eigenvalue weighted by Crippen LogP contribution is -2.47. The lowest BCUT2D eigenvalue weighted by Gasteiger charge is -2.39. The van der Waals surface area contributed by atoms with Crippen molar-refractivity contribution in [1.29, 1.82) is 0 Å². The van der Waals surface area contributed by atoms with Crippen LogP contribution in [-0.4, -0.2) is 73.3 Å². The molecule has 7 heteroatoms. The summed E-state index contributed by atoms with van der Waals surface area (Å²) in [4.78, 5) is 19.6. The highest BCUT2D eigenvalue weighted by atomic mass is 19.1. The van der Waals surface area contributed by atoms with Crippen LogP contribution in [0.1, 0.15) is 45.1 Å². The fraction of sp³-hybridized carbons (Fsp3) is 0.567. The number of para-hydroxylation sites is 1. The van der Waals surface area contributed by atoms with E-state index in [0.717, 1.165) is 77.2 Å². The maximum Gasteiger partial charge on any atom is 0.225 e. The summed E-state index contributed by atoms with van der Waals surface area (Å²) >= 11 is 0. The molecule has 0 spiro atoms. The van der Waals surface area contributed by atoms with Crippen molar-refractivity contribution < 1.29 is 18.7 Å². The molecule has 1 amide bonds. The van der Waals surface area contributed by atoms with Gasteiger partial charge in [0.2, 0.25) is 5.91 Å². The minimum Gasteiger partial charge on any atom is -0.490 e.